The van der Waals surface area contributed by atoms with Crippen LogP contribution in [0, 0.1) is 0 Å². The molecule has 0 saturated heterocycles. The van der Waals surface area contributed by atoms with E-state index < -0.39 is 0 Å². The highest BCUT2D eigenvalue weighted by Crippen LogP contribution is 2.20. The van der Waals surface area contributed by atoms with Crippen LogP contribution < -0.4 is 25.4 Å². The summed E-state index contributed by atoms with van der Waals surface area (Å²) in [4.78, 5) is 25.5. The van der Waals surface area contributed by atoms with Crippen molar-refractivity contribution in [3.8, 4) is 11.5 Å². The molecule has 3 aromatic carbocycles. The Kier molecular flexibility index (Phi) is 9.48. The molecular formula is C29H31N3O4S. The summed E-state index contributed by atoms with van der Waals surface area (Å²) in [6.07, 6.45) is 5.49. The summed E-state index contributed by atoms with van der Waals surface area (Å²) < 4.78 is 11.3. The summed E-state index contributed by atoms with van der Waals surface area (Å²) >= 11 is 5.34. The van der Waals surface area contributed by atoms with Gasteiger partial charge in [0.2, 0.25) is 0 Å². The van der Waals surface area contributed by atoms with Gasteiger partial charge in [0.1, 0.15) is 24.7 Å². The number of para-hydroxylation sites is 2. The standard InChI is InChI=1S/C29H31N3O4S/c33-27(21-15-17-24(18-16-21)36-20-19-35-23-11-5-2-6-12-23)32-29(37)31-26-14-8-7-13-25(26)28(34)30-22-9-3-1-4-10-22/h2,5-8,11-18,22H,1,3-4,9-10,19-20H2,(H,30,34)(H2,31,32,33,37). The van der Waals surface area contributed by atoms with Gasteiger partial charge in [0.15, 0.2) is 5.11 Å². The maximum Gasteiger partial charge on any atom is 0.257 e. The minimum Gasteiger partial charge on any atom is -0.490 e. The fourth-order valence-corrected chi connectivity index (χ4v) is 4.37. The molecule has 1 fully saturated rings. The first kappa shape index (κ1) is 26.2. The van der Waals surface area contributed by atoms with Crippen molar-refractivity contribution in [2.45, 2.75) is 38.1 Å². The maximum atomic E-state index is 12.9. The molecule has 37 heavy (non-hydrogen) atoms. The second kappa shape index (κ2) is 13.4. The molecule has 4 rings (SSSR count). The Morgan fingerprint density at radius 3 is 2.08 bits per heavy atom. The monoisotopic (exact) mass is 517 g/mol. The lowest BCUT2D eigenvalue weighted by molar-refractivity contribution is 0.0927. The first-order chi connectivity index (χ1) is 18.1. The van der Waals surface area contributed by atoms with Crippen LogP contribution >= 0.6 is 12.2 Å². The maximum absolute atomic E-state index is 12.9. The number of thiocarbonyl (C=S) groups is 1. The Morgan fingerprint density at radius 1 is 0.757 bits per heavy atom. The summed E-state index contributed by atoms with van der Waals surface area (Å²) in [5.74, 6) is 0.913. The molecule has 3 N–H and O–H groups in total. The van der Waals surface area contributed by atoms with Gasteiger partial charge in [0, 0.05) is 11.6 Å². The van der Waals surface area contributed by atoms with E-state index in [0.717, 1.165) is 31.4 Å². The number of carbonyl (C=O) groups is 2. The first-order valence-corrected chi connectivity index (χ1v) is 12.9. The molecule has 0 aliphatic heterocycles. The molecule has 0 spiro atoms. The summed E-state index contributed by atoms with van der Waals surface area (Å²) in [7, 11) is 0. The third-order valence-electron chi connectivity index (χ3n) is 6.07. The molecule has 1 saturated carbocycles. The first-order valence-electron chi connectivity index (χ1n) is 12.5. The second-order valence-corrected chi connectivity index (χ2v) is 9.20. The second-order valence-electron chi connectivity index (χ2n) is 8.80. The van der Waals surface area contributed by atoms with E-state index in [0.29, 0.717) is 35.8 Å². The van der Waals surface area contributed by atoms with E-state index >= 15 is 0 Å². The van der Waals surface area contributed by atoms with Gasteiger partial charge in [-0.15, -0.1) is 0 Å². The van der Waals surface area contributed by atoms with E-state index in [9.17, 15) is 9.59 Å². The predicted octanol–water partition coefficient (Wildman–Crippen LogP) is 5.33. The highest BCUT2D eigenvalue weighted by molar-refractivity contribution is 7.80. The molecule has 192 valence electrons. The zero-order valence-corrected chi connectivity index (χ0v) is 21.4. The Morgan fingerprint density at radius 2 is 1.38 bits per heavy atom. The van der Waals surface area contributed by atoms with Gasteiger partial charge in [-0.1, -0.05) is 49.6 Å². The van der Waals surface area contributed by atoms with E-state index in [1.807, 2.05) is 36.4 Å². The van der Waals surface area contributed by atoms with Crippen LogP contribution in [0.15, 0.2) is 78.9 Å². The Balaban J connectivity index is 1.25. The SMILES string of the molecule is O=C(NC(=S)Nc1ccccc1C(=O)NC1CCCCC1)c1ccc(OCCOc2ccccc2)cc1. The van der Waals surface area contributed by atoms with Crippen LogP contribution in [0.25, 0.3) is 0 Å². The average Bonchev–Trinajstić information content (AvgIpc) is 2.93. The Labute approximate surface area is 222 Å². The molecule has 8 heteroatoms. The minimum absolute atomic E-state index is 0.112. The van der Waals surface area contributed by atoms with Crippen molar-refractivity contribution in [3.05, 3.63) is 90.0 Å². The minimum atomic E-state index is -0.361. The quantitative estimate of drug-likeness (QED) is 0.263. The summed E-state index contributed by atoms with van der Waals surface area (Å²) in [5.41, 5.74) is 1.46. The molecule has 1 aliphatic carbocycles. The van der Waals surface area contributed by atoms with Crippen molar-refractivity contribution >= 4 is 34.8 Å². The predicted molar refractivity (Wildman–Crippen MR) is 148 cm³/mol. The van der Waals surface area contributed by atoms with Gasteiger partial charge < -0.3 is 20.1 Å². The van der Waals surface area contributed by atoms with Gasteiger partial charge in [0.25, 0.3) is 11.8 Å². The number of hydrogen-bond donors (Lipinski definition) is 3. The van der Waals surface area contributed by atoms with E-state index in [-0.39, 0.29) is 23.0 Å². The fourth-order valence-electron chi connectivity index (χ4n) is 4.17. The van der Waals surface area contributed by atoms with Crippen LogP contribution in [-0.2, 0) is 0 Å². The van der Waals surface area contributed by atoms with Gasteiger partial charge in [0.05, 0.1) is 11.3 Å². The molecular weight excluding hydrogens is 486 g/mol. The van der Waals surface area contributed by atoms with E-state index in [4.69, 9.17) is 21.7 Å². The number of anilines is 1. The number of rotatable bonds is 9. The highest BCUT2D eigenvalue weighted by atomic mass is 32.1. The van der Waals surface area contributed by atoms with Crippen LogP contribution in [0.5, 0.6) is 11.5 Å². The van der Waals surface area contributed by atoms with Crippen LogP contribution in [0.2, 0.25) is 0 Å². The zero-order chi connectivity index (χ0) is 25.9. The Bertz CT molecular complexity index is 1200. The van der Waals surface area contributed by atoms with E-state index in [2.05, 4.69) is 16.0 Å². The van der Waals surface area contributed by atoms with Crippen LogP contribution in [0.3, 0.4) is 0 Å². The lowest BCUT2D eigenvalue weighted by Gasteiger charge is -2.23. The van der Waals surface area contributed by atoms with Crippen molar-refractivity contribution in [2.24, 2.45) is 0 Å². The molecule has 0 bridgehead atoms. The van der Waals surface area contributed by atoms with E-state index in [1.165, 1.54) is 6.42 Å². The molecule has 0 unspecified atom stereocenters. The molecule has 7 nitrogen and oxygen atoms in total. The van der Waals surface area contributed by atoms with Gasteiger partial charge >= 0.3 is 0 Å². The lowest BCUT2D eigenvalue weighted by atomic mass is 9.95. The van der Waals surface area contributed by atoms with Crippen molar-refractivity contribution in [2.75, 3.05) is 18.5 Å². The number of benzene rings is 3. The third-order valence-corrected chi connectivity index (χ3v) is 6.27. The number of carbonyl (C=O) groups excluding carboxylic acids is 2. The van der Waals surface area contributed by atoms with Crippen molar-refractivity contribution in [3.63, 3.8) is 0 Å². The Hall–Kier alpha value is -3.91. The van der Waals surface area contributed by atoms with Crippen molar-refractivity contribution in [1.29, 1.82) is 0 Å². The molecule has 0 aromatic heterocycles. The zero-order valence-electron chi connectivity index (χ0n) is 20.6. The number of hydrogen-bond acceptors (Lipinski definition) is 5. The van der Waals surface area contributed by atoms with Crippen LogP contribution in [0.1, 0.15) is 52.8 Å². The molecule has 2 amide bonds. The highest BCUT2D eigenvalue weighted by Gasteiger charge is 2.19. The molecule has 0 atom stereocenters. The summed E-state index contributed by atoms with van der Waals surface area (Å²) in [5, 5.41) is 8.89. The fraction of sp³-hybridized carbons (Fsp3) is 0.276. The van der Waals surface area contributed by atoms with Crippen molar-refractivity contribution < 1.29 is 19.1 Å². The molecule has 0 heterocycles. The molecule has 0 radical (unpaired) electrons. The average molecular weight is 518 g/mol. The van der Waals surface area contributed by atoms with Gasteiger partial charge in [-0.3, -0.25) is 14.9 Å². The number of ether oxygens (including phenoxy) is 2. The lowest BCUT2D eigenvalue weighted by Crippen LogP contribution is -2.37. The largest absolute Gasteiger partial charge is 0.490 e. The summed E-state index contributed by atoms with van der Waals surface area (Å²) in [6, 6.07) is 23.6. The van der Waals surface area contributed by atoms with Gasteiger partial charge in [-0.25, -0.2) is 0 Å². The third kappa shape index (κ3) is 8.05. The van der Waals surface area contributed by atoms with Crippen LogP contribution in [-0.4, -0.2) is 36.2 Å². The normalized spacial score (nSPS) is 13.3. The van der Waals surface area contributed by atoms with Crippen molar-refractivity contribution in [1.82, 2.24) is 10.6 Å². The number of amides is 2. The topological polar surface area (TPSA) is 88.7 Å². The van der Waals surface area contributed by atoms with Gasteiger partial charge in [-0.2, -0.15) is 0 Å². The molecule has 3 aromatic rings. The smallest absolute Gasteiger partial charge is 0.257 e. The van der Waals surface area contributed by atoms with Gasteiger partial charge in [-0.05, 0) is 73.6 Å². The molecule has 1 aliphatic rings. The van der Waals surface area contributed by atoms with Crippen LogP contribution in [0.4, 0.5) is 5.69 Å². The van der Waals surface area contributed by atoms with E-state index in [1.54, 1.807) is 42.5 Å². The summed E-state index contributed by atoms with van der Waals surface area (Å²) in [6.45, 7) is 0.786. The number of nitrogens with one attached hydrogen (secondary N) is 3.